The van der Waals surface area contributed by atoms with Crippen molar-refractivity contribution in [1.82, 2.24) is 9.97 Å². The largest absolute Gasteiger partial charge is 0.425 e. The predicted molar refractivity (Wildman–Crippen MR) is 83.7 cm³/mol. The summed E-state index contributed by atoms with van der Waals surface area (Å²) in [6, 6.07) is 8.93. The first-order valence-corrected chi connectivity index (χ1v) is 6.55. The Morgan fingerprint density at radius 2 is 1.71 bits per heavy atom. The molecule has 0 fully saturated rings. The summed E-state index contributed by atoms with van der Waals surface area (Å²) >= 11 is 0. The van der Waals surface area contributed by atoms with Crippen LogP contribution in [0.2, 0.25) is 0 Å². The molecule has 0 amide bonds. The summed E-state index contributed by atoms with van der Waals surface area (Å²) in [5, 5.41) is 0. The summed E-state index contributed by atoms with van der Waals surface area (Å²) in [5.41, 5.74) is 2.94. The lowest BCUT2D eigenvalue weighted by molar-refractivity contribution is -0.133. The van der Waals surface area contributed by atoms with Crippen molar-refractivity contribution >= 4 is 54.7 Å². The maximum Gasteiger partial charge on any atom is 0.310 e. The molecule has 6 heteroatoms. The third-order valence-electron chi connectivity index (χ3n) is 3.14. The van der Waals surface area contributed by atoms with Gasteiger partial charge >= 0.3 is 5.97 Å². The molecule has 98 valence electrons. The summed E-state index contributed by atoms with van der Waals surface area (Å²) in [6.07, 6.45) is 0.242. The van der Waals surface area contributed by atoms with Gasteiger partial charge in [-0.25, -0.2) is 9.97 Å². The highest BCUT2D eigenvalue weighted by Crippen LogP contribution is 2.22. The molecule has 0 aliphatic carbocycles. The van der Waals surface area contributed by atoms with Gasteiger partial charge in [-0.05, 0) is 12.1 Å². The highest BCUT2D eigenvalue weighted by atomic mass is 16.5. The predicted octanol–water partition coefficient (Wildman–Crippen LogP) is 0.686. The zero-order valence-electron chi connectivity index (χ0n) is 11.5. The molecule has 0 atom stereocenters. The minimum absolute atomic E-state index is 0.212. The number of hydrogen-bond donors (Lipinski definition) is 0. The van der Waals surface area contributed by atoms with E-state index in [1.165, 1.54) is 6.07 Å². The van der Waals surface area contributed by atoms with Crippen molar-refractivity contribution in [3.63, 3.8) is 0 Å². The van der Waals surface area contributed by atoms with Crippen LogP contribution in [0.3, 0.4) is 0 Å². The van der Waals surface area contributed by atoms with Gasteiger partial charge in [-0.1, -0.05) is 36.0 Å². The van der Waals surface area contributed by atoms with Crippen LogP contribution in [-0.4, -0.2) is 31.6 Å². The standard InChI is InChI=1S/C15H10B2N2O2/c1-2-12(20)21-15-9(17)7-8(16)13-14(15)19-11-6-4-3-5-10(11)18-13/h3-7H,2H2,1H3. The Kier molecular flexibility index (Phi) is 3.37. The van der Waals surface area contributed by atoms with Gasteiger partial charge in [-0.15, -0.1) is 0 Å². The number of hydrogen-bond acceptors (Lipinski definition) is 4. The Balaban J connectivity index is 2.35. The van der Waals surface area contributed by atoms with Crippen LogP contribution in [0.15, 0.2) is 30.3 Å². The normalized spacial score (nSPS) is 10.9. The van der Waals surface area contributed by atoms with E-state index in [0.29, 0.717) is 27.5 Å². The van der Waals surface area contributed by atoms with E-state index >= 15 is 0 Å². The Labute approximate surface area is 124 Å². The first kappa shape index (κ1) is 13.6. The quantitative estimate of drug-likeness (QED) is 0.298. The van der Waals surface area contributed by atoms with E-state index in [0.717, 1.165) is 0 Å². The molecule has 0 aliphatic heterocycles. The van der Waals surface area contributed by atoms with Gasteiger partial charge < -0.3 is 4.74 Å². The van der Waals surface area contributed by atoms with Crippen molar-refractivity contribution in [1.29, 1.82) is 0 Å². The zero-order chi connectivity index (χ0) is 15.0. The molecule has 2 aromatic carbocycles. The molecule has 21 heavy (non-hydrogen) atoms. The maximum atomic E-state index is 11.6. The third-order valence-corrected chi connectivity index (χ3v) is 3.14. The van der Waals surface area contributed by atoms with Crippen molar-refractivity contribution in [3.8, 4) is 5.75 Å². The first-order valence-electron chi connectivity index (χ1n) is 6.55. The number of fused-ring (bicyclic) bond motifs is 2. The van der Waals surface area contributed by atoms with Crippen LogP contribution in [0, 0.1) is 0 Å². The first-order chi connectivity index (χ1) is 10.1. The van der Waals surface area contributed by atoms with Crippen LogP contribution >= 0.6 is 0 Å². The van der Waals surface area contributed by atoms with Crippen LogP contribution in [0.4, 0.5) is 0 Å². The number of carbonyl (C=O) groups excluding carboxylic acids is 1. The molecule has 0 saturated carbocycles. The Morgan fingerprint density at radius 3 is 2.33 bits per heavy atom. The lowest BCUT2D eigenvalue weighted by atomic mass is 9.85. The van der Waals surface area contributed by atoms with Crippen molar-refractivity contribution in [2.45, 2.75) is 13.3 Å². The number of nitrogens with zero attached hydrogens (tertiary/aromatic N) is 2. The van der Waals surface area contributed by atoms with Crippen LogP contribution in [0.1, 0.15) is 13.3 Å². The molecule has 3 aromatic rings. The van der Waals surface area contributed by atoms with Gasteiger partial charge in [-0.2, -0.15) is 0 Å². The summed E-state index contributed by atoms with van der Waals surface area (Å²) in [4.78, 5) is 20.5. The van der Waals surface area contributed by atoms with E-state index in [1.807, 2.05) is 24.3 Å². The van der Waals surface area contributed by atoms with E-state index in [2.05, 4.69) is 9.97 Å². The molecular formula is C15H10B2N2O2. The van der Waals surface area contributed by atoms with Crippen LogP contribution < -0.4 is 15.7 Å². The van der Waals surface area contributed by atoms with E-state index in [1.54, 1.807) is 6.92 Å². The number of ether oxygens (including phenoxy) is 1. The van der Waals surface area contributed by atoms with E-state index in [-0.39, 0.29) is 23.6 Å². The zero-order valence-corrected chi connectivity index (χ0v) is 11.5. The molecular weight excluding hydrogens is 262 g/mol. The molecule has 1 heterocycles. The smallest absolute Gasteiger partial charge is 0.310 e. The summed E-state index contributed by atoms with van der Waals surface area (Å²) < 4.78 is 5.29. The fourth-order valence-electron chi connectivity index (χ4n) is 2.09. The maximum absolute atomic E-state index is 11.6. The molecule has 0 bridgehead atoms. The minimum Gasteiger partial charge on any atom is -0.425 e. The lowest BCUT2D eigenvalue weighted by Gasteiger charge is -2.12. The monoisotopic (exact) mass is 272 g/mol. The van der Waals surface area contributed by atoms with Crippen molar-refractivity contribution in [2.24, 2.45) is 0 Å². The van der Waals surface area contributed by atoms with Crippen LogP contribution in [0.25, 0.3) is 22.1 Å². The fourth-order valence-corrected chi connectivity index (χ4v) is 2.09. The number of carbonyl (C=O) groups is 1. The Hall–Kier alpha value is -2.36. The number of rotatable bonds is 2. The third kappa shape index (κ3) is 2.37. The summed E-state index contributed by atoms with van der Waals surface area (Å²) in [5.74, 6) is -0.174. The van der Waals surface area contributed by atoms with Crippen LogP contribution in [-0.2, 0) is 4.79 Å². The SMILES string of the molecule is [B]c1cc([B])c2nc3ccccc3nc2c1OC(=O)CC. The topological polar surface area (TPSA) is 52.1 Å². The van der Waals surface area contributed by atoms with Crippen molar-refractivity contribution in [2.75, 3.05) is 0 Å². The highest BCUT2D eigenvalue weighted by Gasteiger charge is 2.14. The van der Waals surface area contributed by atoms with Crippen molar-refractivity contribution < 1.29 is 9.53 Å². The van der Waals surface area contributed by atoms with Gasteiger partial charge in [0.15, 0.2) is 5.75 Å². The molecule has 0 aliphatic rings. The van der Waals surface area contributed by atoms with Gasteiger partial charge in [0.1, 0.15) is 21.2 Å². The van der Waals surface area contributed by atoms with E-state index in [4.69, 9.17) is 20.4 Å². The highest BCUT2D eigenvalue weighted by molar-refractivity contribution is 6.44. The van der Waals surface area contributed by atoms with Gasteiger partial charge in [-0.3, -0.25) is 4.79 Å². The van der Waals surface area contributed by atoms with Crippen LogP contribution in [0.5, 0.6) is 5.75 Å². The molecule has 0 unspecified atom stereocenters. The van der Waals surface area contributed by atoms with Gasteiger partial charge in [0.25, 0.3) is 0 Å². The second kappa shape index (κ2) is 5.20. The Bertz CT molecular complexity index is 865. The van der Waals surface area contributed by atoms with Gasteiger partial charge in [0.05, 0.1) is 16.6 Å². The van der Waals surface area contributed by atoms with E-state index < -0.39 is 0 Å². The molecule has 3 rings (SSSR count). The van der Waals surface area contributed by atoms with Crippen molar-refractivity contribution in [3.05, 3.63) is 30.3 Å². The average molecular weight is 272 g/mol. The Morgan fingerprint density at radius 1 is 1.10 bits per heavy atom. The summed E-state index contributed by atoms with van der Waals surface area (Å²) in [7, 11) is 11.9. The fraction of sp³-hybridized carbons (Fsp3) is 0.133. The second-order valence-corrected chi connectivity index (χ2v) is 4.62. The minimum atomic E-state index is -0.386. The second-order valence-electron chi connectivity index (χ2n) is 4.62. The molecule has 0 N–H and O–H groups in total. The van der Waals surface area contributed by atoms with Gasteiger partial charge in [0, 0.05) is 6.42 Å². The molecule has 0 saturated heterocycles. The summed E-state index contributed by atoms with van der Waals surface area (Å²) in [6.45, 7) is 1.71. The number of esters is 1. The molecule has 4 radical (unpaired) electrons. The average Bonchev–Trinajstić information content (AvgIpc) is 2.49. The van der Waals surface area contributed by atoms with Gasteiger partial charge in [0.2, 0.25) is 0 Å². The molecule has 0 spiro atoms. The molecule has 1 aromatic heterocycles. The molecule has 4 nitrogen and oxygen atoms in total. The number of benzene rings is 2. The van der Waals surface area contributed by atoms with E-state index in [9.17, 15) is 4.79 Å². The number of para-hydroxylation sites is 2. The lowest BCUT2D eigenvalue weighted by Crippen LogP contribution is -2.21. The number of aromatic nitrogens is 2.